The Hall–Kier alpha value is -1.71. The molecule has 1 aromatic rings. The van der Waals surface area contributed by atoms with Crippen LogP contribution in [-0.4, -0.2) is 38.1 Å². The first-order chi connectivity index (χ1) is 9.67. The Balaban J connectivity index is 2.19. The van der Waals surface area contributed by atoms with Gasteiger partial charge in [0.2, 0.25) is 0 Å². The molecular weight excluding hydrogens is 254 g/mol. The fraction of sp³-hybridized carbons (Fsp3) is 0.562. The van der Waals surface area contributed by atoms with Gasteiger partial charge in [0.25, 0.3) is 5.91 Å². The summed E-state index contributed by atoms with van der Waals surface area (Å²) in [5.41, 5.74) is 0.635. The van der Waals surface area contributed by atoms with Crippen molar-refractivity contribution >= 4 is 5.91 Å². The number of benzene rings is 1. The number of rotatable bonds is 7. The molecule has 4 heteroatoms. The molecule has 0 N–H and O–H groups in total. The van der Waals surface area contributed by atoms with Gasteiger partial charge in [-0.25, -0.2) is 0 Å². The van der Waals surface area contributed by atoms with Crippen molar-refractivity contribution in [3.8, 4) is 11.5 Å². The Bertz CT molecular complexity index is 447. The normalized spacial score (nSPS) is 13.9. The van der Waals surface area contributed by atoms with Gasteiger partial charge in [-0.2, -0.15) is 0 Å². The fourth-order valence-electron chi connectivity index (χ4n) is 2.27. The molecule has 0 aliphatic heterocycles. The minimum atomic E-state index is 0.0657. The molecule has 1 aromatic carbocycles. The summed E-state index contributed by atoms with van der Waals surface area (Å²) in [5.74, 6) is 2.06. The Morgan fingerprint density at radius 1 is 1.20 bits per heavy atom. The first-order valence-corrected chi connectivity index (χ1v) is 7.20. The van der Waals surface area contributed by atoms with E-state index in [4.69, 9.17) is 9.47 Å². The molecule has 1 saturated carbocycles. The second-order valence-electron chi connectivity index (χ2n) is 5.30. The van der Waals surface area contributed by atoms with Crippen LogP contribution in [0.3, 0.4) is 0 Å². The van der Waals surface area contributed by atoms with Gasteiger partial charge in [0.15, 0.2) is 0 Å². The van der Waals surface area contributed by atoms with Gasteiger partial charge in [0.05, 0.1) is 14.2 Å². The second kappa shape index (κ2) is 6.64. The zero-order chi connectivity index (χ0) is 14.5. The van der Waals surface area contributed by atoms with Crippen LogP contribution >= 0.6 is 0 Å². The maximum Gasteiger partial charge on any atom is 0.254 e. The number of hydrogen-bond acceptors (Lipinski definition) is 3. The van der Waals surface area contributed by atoms with E-state index in [0.717, 1.165) is 19.5 Å². The smallest absolute Gasteiger partial charge is 0.254 e. The van der Waals surface area contributed by atoms with Crippen molar-refractivity contribution in [1.82, 2.24) is 4.90 Å². The highest BCUT2D eigenvalue weighted by molar-refractivity contribution is 5.95. The van der Waals surface area contributed by atoms with Crippen molar-refractivity contribution in [2.45, 2.75) is 26.2 Å². The predicted molar refractivity (Wildman–Crippen MR) is 78.5 cm³/mol. The van der Waals surface area contributed by atoms with Crippen molar-refractivity contribution in [2.75, 3.05) is 27.3 Å². The third-order valence-corrected chi connectivity index (χ3v) is 3.55. The Kier molecular flexibility index (Phi) is 4.88. The van der Waals surface area contributed by atoms with Crippen molar-refractivity contribution in [3.63, 3.8) is 0 Å². The molecule has 4 nitrogen and oxygen atoms in total. The number of amides is 1. The average molecular weight is 277 g/mol. The lowest BCUT2D eigenvalue weighted by atomic mass is 10.1. The van der Waals surface area contributed by atoms with Crippen LogP contribution in [0.15, 0.2) is 18.2 Å². The van der Waals surface area contributed by atoms with Crippen LogP contribution in [0.5, 0.6) is 11.5 Å². The largest absolute Gasteiger partial charge is 0.497 e. The number of hydrogen-bond donors (Lipinski definition) is 0. The highest BCUT2D eigenvalue weighted by Gasteiger charge is 2.27. The Morgan fingerprint density at radius 2 is 1.80 bits per heavy atom. The lowest BCUT2D eigenvalue weighted by Gasteiger charge is -2.22. The zero-order valence-corrected chi connectivity index (χ0v) is 12.5. The molecule has 0 radical (unpaired) electrons. The maximum absolute atomic E-state index is 12.6. The van der Waals surface area contributed by atoms with E-state index in [0.29, 0.717) is 23.0 Å². The molecule has 1 amide bonds. The molecule has 0 spiro atoms. The molecule has 2 rings (SSSR count). The van der Waals surface area contributed by atoms with Crippen LogP contribution in [0.1, 0.15) is 36.5 Å². The summed E-state index contributed by atoms with van der Waals surface area (Å²) in [6.07, 6.45) is 3.46. The van der Waals surface area contributed by atoms with Gasteiger partial charge >= 0.3 is 0 Å². The van der Waals surface area contributed by atoms with E-state index in [1.165, 1.54) is 12.8 Å². The standard InChI is InChI=1S/C16H23NO3/c1-4-7-17(11-12-5-6-12)16(18)13-8-14(19-2)10-15(9-13)20-3/h8-10,12H,4-7,11H2,1-3H3. The average Bonchev–Trinajstić information content (AvgIpc) is 3.29. The van der Waals surface area contributed by atoms with E-state index in [2.05, 4.69) is 6.92 Å². The minimum absolute atomic E-state index is 0.0657. The lowest BCUT2D eigenvalue weighted by Crippen LogP contribution is -2.33. The van der Waals surface area contributed by atoms with Crippen LogP contribution < -0.4 is 9.47 Å². The predicted octanol–water partition coefficient (Wildman–Crippen LogP) is 2.97. The van der Waals surface area contributed by atoms with Crippen molar-refractivity contribution < 1.29 is 14.3 Å². The summed E-state index contributed by atoms with van der Waals surface area (Å²) in [6, 6.07) is 5.34. The number of carbonyl (C=O) groups excluding carboxylic acids is 1. The fourth-order valence-corrected chi connectivity index (χ4v) is 2.27. The maximum atomic E-state index is 12.6. The molecular formula is C16H23NO3. The van der Waals surface area contributed by atoms with Crippen LogP contribution in [-0.2, 0) is 0 Å². The molecule has 0 heterocycles. The summed E-state index contributed by atoms with van der Waals surface area (Å²) in [5, 5.41) is 0. The van der Waals surface area contributed by atoms with E-state index in [-0.39, 0.29) is 5.91 Å². The first-order valence-electron chi connectivity index (χ1n) is 7.20. The van der Waals surface area contributed by atoms with E-state index >= 15 is 0 Å². The zero-order valence-electron chi connectivity index (χ0n) is 12.5. The number of ether oxygens (including phenoxy) is 2. The highest BCUT2D eigenvalue weighted by atomic mass is 16.5. The molecule has 0 saturated heterocycles. The van der Waals surface area contributed by atoms with Crippen LogP contribution in [0.2, 0.25) is 0 Å². The topological polar surface area (TPSA) is 38.8 Å². The van der Waals surface area contributed by atoms with Crippen LogP contribution in [0.4, 0.5) is 0 Å². The summed E-state index contributed by atoms with van der Waals surface area (Å²) in [7, 11) is 3.19. The van der Waals surface area contributed by atoms with E-state index in [1.807, 2.05) is 4.90 Å². The Morgan fingerprint density at radius 3 is 2.25 bits per heavy atom. The summed E-state index contributed by atoms with van der Waals surface area (Å²) < 4.78 is 10.5. The molecule has 1 aliphatic carbocycles. The minimum Gasteiger partial charge on any atom is -0.497 e. The SMILES string of the molecule is CCCN(CC1CC1)C(=O)c1cc(OC)cc(OC)c1. The van der Waals surface area contributed by atoms with Gasteiger partial charge in [-0.1, -0.05) is 6.92 Å². The molecule has 0 atom stereocenters. The first kappa shape index (κ1) is 14.7. The molecule has 110 valence electrons. The lowest BCUT2D eigenvalue weighted by molar-refractivity contribution is 0.0747. The van der Waals surface area contributed by atoms with E-state index in [9.17, 15) is 4.79 Å². The number of carbonyl (C=O) groups is 1. The highest BCUT2D eigenvalue weighted by Crippen LogP contribution is 2.31. The van der Waals surface area contributed by atoms with Crippen LogP contribution in [0, 0.1) is 5.92 Å². The van der Waals surface area contributed by atoms with Gasteiger partial charge in [0, 0.05) is 24.7 Å². The van der Waals surface area contributed by atoms with Crippen molar-refractivity contribution in [1.29, 1.82) is 0 Å². The summed E-state index contributed by atoms with van der Waals surface area (Å²) in [6.45, 7) is 3.76. The molecule has 1 aliphatic rings. The van der Waals surface area contributed by atoms with E-state index in [1.54, 1.807) is 32.4 Å². The van der Waals surface area contributed by atoms with Gasteiger partial charge in [-0.15, -0.1) is 0 Å². The summed E-state index contributed by atoms with van der Waals surface area (Å²) >= 11 is 0. The molecule has 0 aromatic heterocycles. The quantitative estimate of drug-likeness (QED) is 0.769. The van der Waals surface area contributed by atoms with Gasteiger partial charge in [-0.3, -0.25) is 4.79 Å². The van der Waals surface area contributed by atoms with E-state index < -0.39 is 0 Å². The van der Waals surface area contributed by atoms with Gasteiger partial charge in [-0.05, 0) is 37.3 Å². The monoisotopic (exact) mass is 277 g/mol. The molecule has 0 bridgehead atoms. The summed E-state index contributed by atoms with van der Waals surface area (Å²) in [4.78, 5) is 14.6. The number of methoxy groups -OCH3 is 2. The van der Waals surface area contributed by atoms with Crippen molar-refractivity contribution in [3.05, 3.63) is 23.8 Å². The molecule has 1 fully saturated rings. The Labute approximate surface area is 120 Å². The second-order valence-corrected chi connectivity index (χ2v) is 5.30. The van der Waals surface area contributed by atoms with Gasteiger partial charge < -0.3 is 14.4 Å². The molecule has 0 unspecified atom stereocenters. The third-order valence-electron chi connectivity index (χ3n) is 3.55. The van der Waals surface area contributed by atoms with Gasteiger partial charge in [0.1, 0.15) is 11.5 Å². The van der Waals surface area contributed by atoms with Crippen LogP contribution in [0.25, 0.3) is 0 Å². The van der Waals surface area contributed by atoms with Crippen molar-refractivity contribution in [2.24, 2.45) is 5.92 Å². The molecule has 20 heavy (non-hydrogen) atoms. The third kappa shape index (κ3) is 3.65. The number of nitrogens with zero attached hydrogens (tertiary/aromatic N) is 1.